The third kappa shape index (κ3) is 9.09. The van der Waals surface area contributed by atoms with Crippen molar-refractivity contribution < 1.29 is 23.8 Å². The lowest BCUT2D eigenvalue weighted by Gasteiger charge is -2.23. The Balaban J connectivity index is 1.57. The lowest BCUT2D eigenvalue weighted by Crippen LogP contribution is -2.34. The molecule has 11 nitrogen and oxygen atoms in total. The summed E-state index contributed by atoms with van der Waals surface area (Å²) in [6.45, 7) is 7.94. The fourth-order valence-electron chi connectivity index (χ4n) is 4.19. The van der Waals surface area contributed by atoms with Gasteiger partial charge in [0.15, 0.2) is 0 Å². The van der Waals surface area contributed by atoms with Crippen molar-refractivity contribution in [1.29, 1.82) is 5.26 Å². The van der Waals surface area contributed by atoms with Gasteiger partial charge in [-0.15, -0.1) is 0 Å². The van der Waals surface area contributed by atoms with Crippen LogP contribution in [0.5, 0.6) is 11.5 Å². The number of nitrogens with zero attached hydrogens (tertiary/aromatic N) is 4. The fraction of sp³-hybridized carbons (Fsp3) is 0.265. The number of benzene rings is 2. The first-order valence-electron chi connectivity index (χ1n) is 14.5. The maximum absolute atomic E-state index is 12.9. The number of fused-ring (bicyclic) bond motifs is 1. The molecule has 2 amide bonds. The first-order valence-corrected chi connectivity index (χ1v) is 14.9. The molecular formula is C34H35ClN6O5. The molecule has 0 radical (unpaired) electrons. The van der Waals surface area contributed by atoms with E-state index in [-0.39, 0.29) is 18.7 Å². The van der Waals surface area contributed by atoms with Gasteiger partial charge in [-0.1, -0.05) is 23.7 Å². The number of nitriles is 1. The zero-order chi connectivity index (χ0) is 33.3. The van der Waals surface area contributed by atoms with Crippen LogP contribution >= 0.6 is 11.6 Å². The summed E-state index contributed by atoms with van der Waals surface area (Å²) in [6.07, 6.45) is 5.53. The lowest BCUT2D eigenvalue weighted by atomic mass is 10.1. The molecule has 0 bridgehead atoms. The van der Waals surface area contributed by atoms with Gasteiger partial charge in [-0.2, -0.15) is 5.26 Å². The van der Waals surface area contributed by atoms with E-state index in [4.69, 9.17) is 25.8 Å². The number of hydrogen-bond donors (Lipinski definition) is 2. The third-order valence-corrected chi connectivity index (χ3v) is 6.60. The smallest absolute Gasteiger partial charge is 0.410 e. The van der Waals surface area contributed by atoms with E-state index in [1.54, 1.807) is 70.4 Å². The van der Waals surface area contributed by atoms with Gasteiger partial charge in [0.2, 0.25) is 5.91 Å². The number of halogens is 1. The Hall–Kier alpha value is -5.34. The molecule has 0 atom stereocenters. The van der Waals surface area contributed by atoms with Crippen molar-refractivity contribution >= 4 is 51.6 Å². The van der Waals surface area contributed by atoms with Crippen molar-refractivity contribution in [2.24, 2.45) is 0 Å². The summed E-state index contributed by atoms with van der Waals surface area (Å²) in [7, 11) is 1.58. The molecule has 46 heavy (non-hydrogen) atoms. The Morgan fingerprint density at radius 1 is 1.09 bits per heavy atom. The average Bonchev–Trinajstić information content (AvgIpc) is 3.01. The van der Waals surface area contributed by atoms with E-state index in [2.05, 4.69) is 26.7 Å². The van der Waals surface area contributed by atoms with Crippen LogP contribution in [-0.4, -0.2) is 52.7 Å². The maximum Gasteiger partial charge on any atom is 0.410 e. The molecule has 0 saturated heterocycles. The van der Waals surface area contributed by atoms with Gasteiger partial charge in [0.25, 0.3) is 0 Å². The number of carbonyl (C=O) groups excluding carboxylic acids is 2. The Bertz CT molecular complexity index is 1780. The molecule has 238 valence electrons. The van der Waals surface area contributed by atoms with Crippen molar-refractivity contribution in [3.8, 4) is 17.6 Å². The van der Waals surface area contributed by atoms with Gasteiger partial charge in [-0.3, -0.25) is 14.8 Å². The quantitative estimate of drug-likeness (QED) is 0.162. The molecule has 0 saturated carbocycles. The molecule has 0 aliphatic heterocycles. The Labute approximate surface area is 272 Å². The predicted octanol–water partition coefficient (Wildman–Crippen LogP) is 7.24. The number of likely N-dealkylation sites (N-methyl/N-ethyl adjacent to an activating group) is 1. The number of carbonyl (C=O) groups is 2. The van der Waals surface area contributed by atoms with Crippen LogP contribution in [0.2, 0.25) is 5.02 Å². The Kier molecular flexibility index (Phi) is 11.0. The highest BCUT2D eigenvalue weighted by Gasteiger charge is 2.19. The number of aromatic nitrogens is 2. The van der Waals surface area contributed by atoms with Gasteiger partial charge in [0.1, 0.15) is 29.8 Å². The Morgan fingerprint density at radius 3 is 2.57 bits per heavy atom. The normalized spacial score (nSPS) is 11.2. The summed E-state index contributed by atoms with van der Waals surface area (Å²) < 4.78 is 17.0. The SMILES string of the molecule is CCOc1cc2ncc(C#N)c(Nc3ccc(OCc4ccccn4)c(Cl)c3)c2cc1NC(=O)/C=C/CN(C)C(=O)OC(C)(C)C. The molecule has 0 spiro atoms. The summed E-state index contributed by atoms with van der Waals surface area (Å²) in [5.74, 6) is 0.447. The lowest BCUT2D eigenvalue weighted by molar-refractivity contribution is -0.112. The van der Waals surface area contributed by atoms with E-state index in [1.807, 2.05) is 25.1 Å². The first kappa shape index (κ1) is 33.6. The van der Waals surface area contributed by atoms with Crippen LogP contribution in [0.15, 0.2) is 73.1 Å². The van der Waals surface area contributed by atoms with Crippen molar-refractivity contribution in [3.05, 3.63) is 89.4 Å². The fourth-order valence-corrected chi connectivity index (χ4v) is 4.43. The monoisotopic (exact) mass is 642 g/mol. The highest BCUT2D eigenvalue weighted by molar-refractivity contribution is 6.32. The summed E-state index contributed by atoms with van der Waals surface area (Å²) in [6, 6.07) is 16.3. The topological polar surface area (TPSA) is 139 Å². The largest absolute Gasteiger partial charge is 0.492 e. The molecular weight excluding hydrogens is 608 g/mol. The number of nitrogens with one attached hydrogen (secondary N) is 2. The van der Waals surface area contributed by atoms with Crippen LogP contribution in [-0.2, 0) is 16.1 Å². The molecule has 2 N–H and O–H groups in total. The van der Waals surface area contributed by atoms with Gasteiger partial charge in [-0.25, -0.2) is 4.79 Å². The number of amides is 2. The number of hydrogen-bond acceptors (Lipinski definition) is 9. The van der Waals surface area contributed by atoms with Gasteiger partial charge in [0.05, 0.1) is 39.8 Å². The van der Waals surface area contributed by atoms with E-state index in [9.17, 15) is 14.9 Å². The molecule has 0 unspecified atom stereocenters. The number of pyridine rings is 2. The second-order valence-electron chi connectivity index (χ2n) is 11.1. The molecule has 0 fully saturated rings. The van der Waals surface area contributed by atoms with Crippen LogP contribution in [0.3, 0.4) is 0 Å². The minimum Gasteiger partial charge on any atom is -0.492 e. The third-order valence-electron chi connectivity index (χ3n) is 6.30. The molecule has 4 rings (SSSR count). The van der Waals surface area contributed by atoms with Crippen LogP contribution < -0.4 is 20.1 Å². The van der Waals surface area contributed by atoms with E-state index in [0.29, 0.717) is 51.1 Å². The van der Waals surface area contributed by atoms with Crippen LogP contribution in [0.4, 0.5) is 21.9 Å². The average molecular weight is 643 g/mol. The van der Waals surface area contributed by atoms with Crippen molar-refractivity contribution in [3.63, 3.8) is 0 Å². The van der Waals surface area contributed by atoms with Crippen molar-refractivity contribution in [2.75, 3.05) is 30.8 Å². The van der Waals surface area contributed by atoms with E-state index >= 15 is 0 Å². The molecule has 0 aliphatic carbocycles. The van der Waals surface area contributed by atoms with Crippen LogP contribution in [0.1, 0.15) is 39.0 Å². The summed E-state index contributed by atoms with van der Waals surface area (Å²) in [4.78, 5) is 35.1. The molecule has 0 aliphatic rings. The summed E-state index contributed by atoms with van der Waals surface area (Å²) >= 11 is 6.54. The Morgan fingerprint density at radius 2 is 1.89 bits per heavy atom. The molecule has 2 aromatic heterocycles. The summed E-state index contributed by atoms with van der Waals surface area (Å²) in [5.41, 5.74) is 2.41. The number of anilines is 3. The second kappa shape index (κ2) is 15.1. The van der Waals surface area contributed by atoms with E-state index < -0.39 is 17.6 Å². The van der Waals surface area contributed by atoms with Gasteiger partial charge in [-0.05, 0) is 64.1 Å². The van der Waals surface area contributed by atoms with Crippen LogP contribution in [0.25, 0.3) is 10.9 Å². The highest BCUT2D eigenvalue weighted by atomic mass is 35.5. The minimum absolute atomic E-state index is 0.164. The van der Waals surface area contributed by atoms with E-state index in [0.717, 1.165) is 5.69 Å². The molecule has 2 heterocycles. The van der Waals surface area contributed by atoms with Crippen molar-refractivity contribution in [1.82, 2.24) is 14.9 Å². The molecule has 2 aromatic carbocycles. The molecule has 4 aromatic rings. The summed E-state index contributed by atoms with van der Waals surface area (Å²) in [5, 5.41) is 17.0. The number of ether oxygens (including phenoxy) is 3. The van der Waals surface area contributed by atoms with E-state index in [1.165, 1.54) is 17.2 Å². The van der Waals surface area contributed by atoms with Gasteiger partial charge >= 0.3 is 6.09 Å². The highest BCUT2D eigenvalue weighted by Crippen LogP contribution is 2.37. The van der Waals surface area contributed by atoms with Gasteiger partial charge < -0.3 is 29.7 Å². The molecule has 12 heteroatoms. The predicted molar refractivity (Wildman–Crippen MR) is 178 cm³/mol. The zero-order valence-electron chi connectivity index (χ0n) is 26.3. The maximum atomic E-state index is 12.9. The van der Waals surface area contributed by atoms with Crippen LogP contribution in [0, 0.1) is 11.3 Å². The minimum atomic E-state index is -0.628. The second-order valence-corrected chi connectivity index (χ2v) is 11.5. The first-order chi connectivity index (χ1) is 22.0. The zero-order valence-corrected chi connectivity index (χ0v) is 27.0. The standard InChI is InChI=1S/C34H35ClN6O5/c1-6-44-30-18-27-25(17-28(30)40-31(42)11-9-15-41(5)33(43)46-34(2,3)4)32(22(19-36)20-38-27)39-23-12-13-29(26(35)16-23)45-21-24-10-7-8-14-37-24/h7-14,16-18,20H,6,15,21H2,1-5H3,(H,38,39)(H,40,42)/b11-9+. The van der Waals surface area contributed by atoms with Crippen molar-refractivity contribution in [2.45, 2.75) is 39.9 Å². The number of rotatable bonds is 11. The van der Waals surface area contributed by atoms with Gasteiger partial charge in [0, 0.05) is 49.2 Å².